The van der Waals surface area contributed by atoms with Gasteiger partial charge in [-0.25, -0.2) is 0 Å². The van der Waals surface area contributed by atoms with Gasteiger partial charge in [0.25, 0.3) is 0 Å². The number of morpholine rings is 1. The highest BCUT2D eigenvalue weighted by atomic mass is 16.5. The lowest BCUT2D eigenvalue weighted by Gasteiger charge is -2.36. The Morgan fingerprint density at radius 3 is 2.75 bits per heavy atom. The molecular formula is C12H24N2O2. The summed E-state index contributed by atoms with van der Waals surface area (Å²) in [4.78, 5) is 13.8. The van der Waals surface area contributed by atoms with Crippen molar-refractivity contribution in [3.8, 4) is 0 Å². The number of amides is 1. The number of nitrogens with two attached hydrogens (primary N) is 1. The molecule has 0 aromatic heterocycles. The SMILES string of the molecule is CC(C)CCC(=O)N1CC(C)OC(CN)C1. The van der Waals surface area contributed by atoms with Crippen LogP contribution in [0.2, 0.25) is 0 Å². The summed E-state index contributed by atoms with van der Waals surface area (Å²) in [5, 5.41) is 0. The first-order valence-electron chi connectivity index (χ1n) is 6.16. The first kappa shape index (κ1) is 13.5. The second-order valence-electron chi connectivity index (χ2n) is 5.04. The van der Waals surface area contributed by atoms with Crippen molar-refractivity contribution in [2.45, 2.75) is 45.8 Å². The highest BCUT2D eigenvalue weighted by Gasteiger charge is 2.27. The number of hydrogen-bond donors (Lipinski definition) is 1. The quantitative estimate of drug-likeness (QED) is 0.781. The molecule has 1 aliphatic rings. The van der Waals surface area contributed by atoms with Crippen LogP contribution in [-0.2, 0) is 9.53 Å². The van der Waals surface area contributed by atoms with Crippen LogP contribution in [0.25, 0.3) is 0 Å². The van der Waals surface area contributed by atoms with Gasteiger partial charge in [-0.15, -0.1) is 0 Å². The number of ether oxygens (including phenoxy) is 1. The minimum Gasteiger partial charge on any atom is -0.370 e. The fourth-order valence-electron chi connectivity index (χ4n) is 1.95. The molecule has 1 rings (SSSR count). The molecule has 16 heavy (non-hydrogen) atoms. The smallest absolute Gasteiger partial charge is 0.222 e. The maximum absolute atomic E-state index is 11.9. The summed E-state index contributed by atoms with van der Waals surface area (Å²) in [6, 6.07) is 0. The van der Waals surface area contributed by atoms with Crippen LogP contribution in [-0.4, -0.2) is 42.6 Å². The van der Waals surface area contributed by atoms with Crippen molar-refractivity contribution in [1.29, 1.82) is 0 Å². The summed E-state index contributed by atoms with van der Waals surface area (Å²) in [5.41, 5.74) is 5.59. The van der Waals surface area contributed by atoms with Gasteiger partial charge in [0, 0.05) is 26.1 Å². The van der Waals surface area contributed by atoms with Crippen LogP contribution in [0.15, 0.2) is 0 Å². The van der Waals surface area contributed by atoms with E-state index >= 15 is 0 Å². The topological polar surface area (TPSA) is 55.6 Å². The summed E-state index contributed by atoms with van der Waals surface area (Å²) in [7, 11) is 0. The Labute approximate surface area is 98.1 Å². The minimum atomic E-state index is 0.00625. The average molecular weight is 228 g/mol. The van der Waals surface area contributed by atoms with Crippen LogP contribution < -0.4 is 5.73 Å². The van der Waals surface area contributed by atoms with Gasteiger partial charge in [0.05, 0.1) is 12.2 Å². The normalized spacial score (nSPS) is 26.2. The fourth-order valence-corrected chi connectivity index (χ4v) is 1.95. The monoisotopic (exact) mass is 228 g/mol. The summed E-state index contributed by atoms with van der Waals surface area (Å²) in [5.74, 6) is 0.815. The number of carbonyl (C=O) groups excluding carboxylic acids is 1. The Hall–Kier alpha value is -0.610. The van der Waals surface area contributed by atoms with Crippen molar-refractivity contribution in [3.63, 3.8) is 0 Å². The average Bonchev–Trinajstić information content (AvgIpc) is 2.24. The zero-order valence-electron chi connectivity index (χ0n) is 10.6. The Kier molecular flexibility index (Phi) is 5.22. The summed E-state index contributed by atoms with van der Waals surface area (Å²) in [6.07, 6.45) is 1.71. The third-order valence-electron chi connectivity index (χ3n) is 2.88. The molecule has 2 unspecified atom stereocenters. The molecule has 1 amide bonds. The van der Waals surface area contributed by atoms with Crippen LogP contribution in [0.1, 0.15) is 33.6 Å². The first-order valence-corrected chi connectivity index (χ1v) is 6.16. The van der Waals surface area contributed by atoms with Crippen LogP contribution in [0.4, 0.5) is 0 Å². The van der Waals surface area contributed by atoms with E-state index in [1.165, 1.54) is 0 Å². The van der Waals surface area contributed by atoms with Gasteiger partial charge in [0.1, 0.15) is 0 Å². The maximum Gasteiger partial charge on any atom is 0.222 e. The van der Waals surface area contributed by atoms with Crippen LogP contribution in [0, 0.1) is 5.92 Å². The molecule has 1 heterocycles. The third-order valence-corrected chi connectivity index (χ3v) is 2.88. The molecule has 1 aliphatic heterocycles. The molecule has 0 saturated carbocycles. The van der Waals surface area contributed by atoms with E-state index < -0.39 is 0 Å². The van der Waals surface area contributed by atoms with Gasteiger partial charge in [-0.2, -0.15) is 0 Å². The second kappa shape index (κ2) is 6.21. The molecule has 94 valence electrons. The summed E-state index contributed by atoms with van der Waals surface area (Å²) >= 11 is 0. The molecular weight excluding hydrogens is 204 g/mol. The molecule has 0 radical (unpaired) electrons. The van der Waals surface area contributed by atoms with E-state index in [4.69, 9.17) is 10.5 Å². The molecule has 4 nitrogen and oxygen atoms in total. The van der Waals surface area contributed by atoms with Crippen LogP contribution >= 0.6 is 0 Å². The standard InChI is InChI=1S/C12H24N2O2/c1-9(2)4-5-12(15)14-7-10(3)16-11(6-13)8-14/h9-11H,4-8,13H2,1-3H3. The lowest BCUT2D eigenvalue weighted by atomic mass is 10.1. The van der Waals surface area contributed by atoms with E-state index in [0.29, 0.717) is 32.0 Å². The highest BCUT2D eigenvalue weighted by Crippen LogP contribution is 2.13. The number of hydrogen-bond acceptors (Lipinski definition) is 3. The first-order chi connectivity index (χ1) is 7.52. The zero-order valence-corrected chi connectivity index (χ0v) is 10.6. The molecule has 0 aromatic rings. The minimum absolute atomic E-state index is 0.00625. The van der Waals surface area contributed by atoms with E-state index in [1.807, 2.05) is 11.8 Å². The maximum atomic E-state index is 11.9. The van der Waals surface area contributed by atoms with Gasteiger partial charge in [-0.05, 0) is 19.3 Å². The number of rotatable bonds is 4. The van der Waals surface area contributed by atoms with Crippen molar-refractivity contribution in [1.82, 2.24) is 4.90 Å². The van der Waals surface area contributed by atoms with E-state index in [2.05, 4.69) is 13.8 Å². The van der Waals surface area contributed by atoms with E-state index in [0.717, 1.165) is 6.42 Å². The molecule has 0 aliphatic carbocycles. The Bertz CT molecular complexity index is 231. The highest BCUT2D eigenvalue weighted by molar-refractivity contribution is 5.76. The Morgan fingerprint density at radius 1 is 1.50 bits per heavy atom. The molecule has 2 atom stereocenters. The molecule has 1 fully saturated rings. The molecule has 0 aromatic carbocycles. The number of nitrogens with zero attached hydrogens (tertiary/aromatic N) is 1. The summed E-state index contributed by atoms with van der Waals surface area (Å²) in [6.45, 7) is 8.10. The molecule has 2 N–H and O–H groups in total. The van der Waals surface area contributed by atoms with Gasteiger partial charge in [-0.1, -0.05) is 13.8 Å². The molecule has 0 spiro atoms. The lowest BCUT2D eigenvalue weighted by Crippen LogP contribution is -2.51. The Morgan fingerprint density at radius 2 is 2.19 bits per heavy atom. The predicted octanol–water partition coefficient (Wildman–Crippen LogP) is 0.997. The third kappa shape index (κ3) is 4.10. The molecule has 0 bridgehead atoms. The van der Waals surface area contributed by atoms with Gasteiger partial charge in [0.15, 0.2) is 0 Å². The van der Waals surface area contributed by atoms with E-state index in [1.54, 1.807) is 0 Å². The van der Waals surface area contributed by atoms with E-state index in [9.17, 15) is 4.79 Å². The number of carbonyl (C=O) groups is 1. The van der Waals surface area contributed by atoms with Gasteiger partial charge >= 0.3 is 0 Å². The van der Waals surface area contributed by atoms with Crippen LogP contribution in [0.3, 0.4) is 0 Å². The molecule has 1 saturated heterocycles. The summed E-state index contributed by atoms with van der Waals surface area (Å²) < 4.78 is 5.62. The second-order valence-corrected chi connectivity index (χ2v) is 5.04. The Balaban J connectivity index is 2.42. The zero-order chi connectivity index (χ0) is 12.1. The van der Waals surface area contributed by atoms with Gasteiger partial charge in [-0.3, -0.25) is 4.79 Å². The molecule has 4 heteroatoms. The van der Waals surface area contributed by atoms with Crippen molar-refractivity contribution < 1.29 is 9.53 Å². The largest absolute Gasteiger partial charge is 0.370 e. The van der Waals surface area contributed by atoms with E-state index in [-0.39, 0.29) is 18.1 Å². The lowest BCUT2D eigenvalue weighted by molar-refractivity contribution is -0.143. The van der Waals surface area contributed by atoms with Gasteiger partial charge in [0.2, 0.25) is 5.91 Å². The van der Waals surface area contributed by atoms with Crippen molar-refractivity contribution in [2.24, 2.45) is 11.7 Å². The van der Waals surface area contributed by atoms with Crippen molar-refractivity contribution in [2.75, 3.05) is 19.6 Å². The fraction of sp³-hybridized carbons (Fsp3) is 0.917. The van der Waals surface area contributed by atoms with Crippen molar-refractivity contribution in [3.05, 3.63) is 0 Å². The van der Waals surface area contributed by atoms with Gasteiger partial charge < -0.3 is 15.4 Å². The van der Waals surface area contributed by atoms with Crippen molar-refractivity contribution >= 4 is 5.91 Å². The predicted molar refractivity (Wildman–Crippen MR) is 64.0 cm³/mol. The van der Waals surface area contributed by atoms with Crippen LogP contribution in [0.5, 0.6) is 0 Å².